The maximum Gasteiger partial charge on any atom is 0.0308 e. The van der Waals surface area contributed by atoms with Gasteiger partial charge in [-0.15, -0.1) is 0 Å². The first kappa shape index (κ1) is 12.2. The van der Waals surface area contributed by atoms with Crippen molar-refractivity contribution >= 4 is 0 Å². The maximum absolute atomic E-state index is 6.56. The summed E-state index contributed by atoms with van der Waals surface area (Å²) in [5, 5.41) is 0. The second kappa shape index (κ2) is 5.35. The highest BCUT2D eigenvalue weighted by Gasteiger charge is 2.34. The lowest BCUT2D eigenvalue weighted by Gasteiger charge is -2.40. The van der Waals surface area contributed by atoms with E-state index in [1.807, 2.05) is 0 Å². The van der Waals surface area contributed by atoms with Crippen LogP contribution in [0.4, 0.5) is 0 Å². The predicted molar refractivity (Wildman–Crippen MR) is 70.3 cm³/mol. The minimum atomic E-state index is 0.339. The first-order valence-electron chi connectivity index (χ1n) is 7.17. The molecule has 2 aliphatic rings. The lowest BCUT2D eigenvalue weighted by Crippen LogP contribution is -2.42. The quantitative estimate of drug-likeness (QED) is 0.696. The van der Waals surface area contributed by atoms with E-state index < -0.39 is 0 Å². The molecule has 2 aliphatic carbocycles. The third-order valence-corrected chi connectivity index (χ3v) is 4.72. The molecule has 16 heavy (non-hydrogen) atoms. The molecule has 1 unspecified atom stereocenters. The van der Waals surface area contributed by atoms with Crippen LogP contribution in [0.15, 0.2) is 11.6 Å². The molecule has 0 aliphatic heterocycles. The summed E-state index contributed by atoms with van der Waals surface area (Å²) in [5.41, 5.74) is 8.53. The van der Waals surface area contributed by atoms with Gasteiger partial charge in [-0.05, 0) is 43.9 Å². The zero-order chi connectivity index (χ0) is 11.4. The molecule has 0 radical (unpaired) electrons. The monoisotopic (exact) mass is 221 g/mol. The van der Waals surface area contributed by atoms with Gasteiger partial charge in [-0.3, -0.25) is 0 Å². The Morgan fingerprint density at radius 3 is 2.50 bits per heavy atom. The van der Waals surface area contributed by atoms with Crippen LogP contribution in [0.1, 0.15) is 71.1 Å². The van der Waals surface area contributed by atoms with Crippen molar-refractivity contribution in [1.29, 1.82) is 0 Å². The van der Waals surface area contributed by atoms with Crippen molar-refractivity contribution in [3.63, 3.8) is 0 Å². The van der Waals surface area contributed by atoms with E-state index in [4.69, 9.17) is 5.73 Å². The lowest BCUT2D eigenvalue weighted by atomic mass is 9.68. The van der Waals surface area contributed by atoms with E-state index in [2.05, 4.69) is 13.0 Å². The van der Waals surface area contributed by atoms with Gasteiger partial charge in [-0.25, -0.2) is 0 Å². The molecule has 0 heterocycles. The molecule has 1 fully saturated rings. The van der Waals surface area contributed by atoms with Gasteiger partial charge in [0.25, 0.3) is 0 Å². The van der Waals surface area contributed by atoms with Crippen LogP contribution in [0.3, 0.4) is 0 Å². The number of rotatable bonds is 2. The summed E-state index contributed by atoms with van der Waals surface area (Å²) in [6.07, 6.45) is 16.0. The van der Waals surface area contributed by atoms with Gasteiger partial charge in [0.1, 0.15) is 0 Å². The summed E-state index contributed by atoms with van der Waals surface area (Å²) in [6.45, 7) is 2.42. The molecule has 1 atom stereocenters. The first-order valence-corrected chi connectivity index (χ1v) is 7.17. The summed E-state index contributed by atoms with van der Waals surface area (Å²) in [6, 6.07) is 0.339. The molecular weight excluding hydrogens is 194 g/mol. The molecule has 0 aromatic rings. The predicted octanol–water partition coefficient (Wildman–Crippen LogP) is 4.17. The van der Waals surface area contributed by atoms with Crippen molar-refractivity contribution in [2.75, 3.05) is 0 Å². The molecule has 2 rings (SSSR count). The summed E-state index contributed by atoms with van der Waals surface area (Å²) in [7, 11) is 0. The van der Waals surface area contributed by atoms with Gasteiger partial charge in [0, 0.05) is 6.04 Å². The van der Waals surface area contributed by atoms with Crippen molar-refractivity contribution in [1.82, 2.24) is 0 Å². The van der Waals surface area contributed by atoms with Crippen molar-refractivity contribution in [2.45, 2.75) is 77.2 Å². The molecule has 0 aromatic carbocycles. The fourth-order valence-electron chi connectivity index (χ4n) is 3.44. The second-order valence-electron chi connectivity index (χ2n) is 6.07. The average molecular weight is 221 g/mol. The van der Waals surface area contributed by atoms with Crippen molar-refractivity contribution in [3.05, 3.63) is 11.6 Å². The van der Waals surface area contributed by atoms with E-state index in [1.54, 1.807) is 5.57 Å². The fourth-order valence-corrected chi connectivity index (χ4v) is 3.44. The van der Waals surface area contributed by atoms with Crippen LogP contribution >= 0.6 is 0 Å². The first-order chi connectivity index (χ1) is 7.72. The lowest BCUT2D eigenvalue weighted by molar-refractivity contribution is 0.185. The van der Waals surface area contributed by atoms with Crippen molar-refractivity contribution in [3.8, 4) is 0 Å². The molecule has 0 bridgehead atoms. The SMILES string of the molecule is CC1(C(N)C2=CCCCCC2)CCCCC1. The van der Waals surface area contributed by atoms with Crippen LogP contribution in [-0.4, -0.2) is 6.04 Å². The fraction of sp³-hybridized carbons (Fsp3) is 0.867. The zero-order valence-corrected chi connectivity index (χ0v) is 10.8. The highest BCUT2D eigenvalue weighted by Crippen LogP contribution is 2.41. The molecule has 0 saturated heterocycles. The summed E-state index contributed by atoms with van der Waals surface area (Å²) >= 11 is 0. The number of hydrogen-bond acceptors (Lipinski definition) is 1. The molecule has 92 valence electrons. The zero-order valence-electron chi connectivity index (χ0n) is 10.8. The highest BCUT2D eigenvalue weighted by molar-refractivity contribution is 5.16. The van der Waals surface area contributed by atoms with E-state index >= 15 is 0 Å². The standard InChI is InChI=1S/C15H27N/c1-15(11-7-4-8-12-15)14(16)13-9-5-2-3-6-10-13/h9,14H,2-8,10-12,16H2,1H3. The molecule has 0 aromatic heterocycles. The molecule has 1 nitrogen and oxygen atoms in total. The summed E-state index contributed by atoms with van der Waals surface area (Å²) < 4.78 is 0. The van der Waals surface area contributed by atoms with Gasteiger partial charge >= 0.3 is 0 Å². The Labute approximate surface area is 100 Å². The third kappa shape index (κ3) is 2.68. The molecule has 0 amide bonds. The topological polar surface area (TPSA) is 26.0 Å². The van der Waals surface area contributed by atoms with Gasteiger partial charge in [0.05, 0.1) is 0 Å². The van der Waals surface area contributed by atoms with Gasteiger partial charge in [-0.1, -0.05) is 44.3 Å². The normalized spacial score (nSPS) is 28.0. The van der Waals surface area contributed by atoms with Gasteiger partial charge in [0.2, 0.25) is 0 Å². The summed E-state index contributed by atoms with van der Waals surface area (Å²) in [5.74, 6) is 0. The molecule has 1 heteroatoms. The van der Waals surface area contributed by atoms with Crippen molar-refractivity contribution in [2.24, 2.45) is 11.1 Å². The minimum absolute atomic E-state index is 0.339. The molecule has 1 saturated carbocycles. The number of nitrogens with two attached hydrogens (primary N) is 1. The van der Waals surface area contributed by atoms with E-state index in [-0.39, 0.29) is 0 Å². The van der Waals surface area contributed by atoms with Gasteiger partial charge < -0.3 is 5.73 Å². The van der Waals surface area contributed by atoms with E-state index in [9.17, 15) is 0 Å². The van der Waals surface area contributed by atoms with E-state index in [0.717, 1.165) is 0 Å². The van der Waals surface area contributed by atoms with E-state index in [1.165, 1.54) is 64.2 Å². The Bertz CT molecular complexity index is 248. The average Bonchev–Trinajstić information content (AvgIpc) is 2.57. The molecule has 2 N–H and O–H groups in total. The van der Waals surface area contributed by atoms with Crippen LogP contribution in [-0.2, 0) is 0 Å². The largest absolute Gasteiger partial charge is 0.324 e. The Morgan fingerprint density at radius 1 is 1.06 bits per heavy atom. The van der Waals surface area contributed by atoms with Crippen LogP contribution in [0.2, 0.25) is 0 Å². The van der Waals surface area contributed by atoms with Gasteiger partial charge in [0.15, 0.2) is 0 Å². The third-order valence-electron chi connectivity index (χ3n) is 4.72. The molecule has 0 spiro atoms. The van der Waals surface area contributed by atoms with Crippen LogP contribution in [0, 0.1) is 5.41 Å². The Kier molecular flexibility index (Phi) is 4.07. The molecular formula is C15H27N. The van der Waals surface area contributed by atoms with Crippen molar-refractivity contribution < 1.29 is 0 Å². The van der Waals surface area contributed by atoms with Crippen LogP contribution in [0.5, 0.6) is 0 Å². The highest BCUT2D eigenvalue weighted by atomic mass is 14.7. The second-order valence-corrected chi connectivity index (χ2v) is 6.07. The number of allylic oxidation sites excluding steroid dienone is 1. The Balaban J connectivity index is 2.03. The van der Waals surface area contributed by atoms with Crippen LogP contribution < -0.4 is 5.73 Å². The minimum Gasteiger partial charge on any atom is -0.324 e. The van der Waals surface area contributed by atoms with Gasteiger partial charge in [-0.2, -0.15) is 0 Å². The Morgan fingerprint density at radius 2 is 1.75 bits per heavy atom. The number of hydrogen-bond donors (Lipinski definition) is 1. The summed E-state index contributed by atoms with van der Waals surface area (Å²) in [4.78, 5) is 0. The van der Waals surface area contributed by atoms with Crippen LogP contribution in [0.25, 0.3) is 0 Å². The maximum atomic E-state index is 6.56. The smallest absolute Gasteiger partial charge is 0.0308 e. The Hall–Kier alpha value is -0.300. The van der Waals surface area contributed by atoms with E-state index in [0.29, 0.717) is 11.5 Å².